The first-order valence-corrected chi connectivity index (χ1v) is 18.1. The van der Waals surface area contributed by atoms with Gasteiger partial charge in [-0.2, -0.15) is 0 Å². The summed E-state index contributed by atoms with van der Waals surface area (Å²) in [5.74, 6) is -0.349. The van der Waals surface area contributed by atoms with Crippen LogP contribution in [0.5, 0.6) is 5.75 Å². The molecule has 53 heavy (non-hydrogen) atoms. The van der Waals surface area contributed by atoms with Crippen molar-refractivity contribution in [2.45, 2.75) is 30.6 Å². The molecule has 6 rings (SSSR count). The second-order valence-electron chi connectivity index (χ2n) is 12.4. The van der Waals surface area contributed by atoms with Gasteiger partial charge >= 0.3 is 0 Å². The molecule has 0 heterocycles. The molecule has 0 fully saturated rings. The lowest BCUT2D eigenvalue weighted by atomic mass is 10.1. The molecular formula is C45H39N3O4S. The van der Waals surface area contributed by atoms with Crippen LogP contribution >= 0.6 is 11.8 Å². The lowest BCUT2D eigenvalue weighted by Crippen LogP contribution is -2.30. The highest BCUT2D eigenvalue weighted by Crippen LogP contribution is 2.37. The molecule has 0 bridgehead atoms. The van der Waals surface area contributed by atoms with E-state index in [4.69, 9.17) is 4.74 Å². The van der Waals surface area contributed by atoms with Crippen LogP contribution in [0.1, 0.15) is 43.4 Å². The molecule has 8 heteroatoms. The topological polar surface area (TPSA) is 96.5 Å². The summed E-state index contributed by atoms with van der Waals surface area (Å²) in [7, 11) is 0. The molecule has 3 amide bonds. The van der Waals surface area contributed by atoms with E-state index < -0.39 is 17.1 Å². The summed E-state index contributed by atoms with van der Waals surface area (Å²) in [6, 6.07) is 48.8. The van der Waals surface area contributed by atoms with Gasteiger partial charge in [0.1, 0.15) is 23.3 Å². The normalized spacial score (nSPS) is 11.6. The minimum atomic E-state index is -0.520. The van der Waals surface area contributed by atoms with Crippen molar-refractivity contribution < 1.29 is 19.1 Å². The lowest BCUT2D eigenvalue weighted by molar-refractivity contribution is -0.116. The van der Waals surface area contributed by atoms with E-state index in [2.05, 4.69) is 16.0 Å². The van der Waals surface area contributed by atoms with Gasteiger partial charge in [-0.25, -0.2) is 0 Å². The summed E-state index contributed by atoms with van der Waals surface area (Å²) in [4.78, 5) is 41.4. The molecule has 6 aromatic rings. The second kappa shape index (κ2) is 17.7. The quantitative estimate of drug-likeness (QED) is 0.0817. The Kier molecular flexibility index (Phi) is 12.2. The molecule has 1 atom stereocenters. The highest BCUT2D eigenvalue weighted by molar-refractivity contribution is 8.00. The van der Waals surface area contributed by atoms with Crippen LogP contribution in [-0.4, -0.2) is 17.7 Å². The largest absolute Gasteiger partial charge is 0.489 e. The average molecular weight is 718 g/mol. The van der Waals surface area contributed by atoms with E-state index in [0.717, 1.165) is 32.8 Å². The van der Waals surface area contributed by atoms with Gasteiger partial charge in [0.2, 0.25) is 5.91 Å². The number of carbonyl (C=O) groups excluding carboxylic acids is 3. The van der Waals surface area contributed by atoms with Gasteiger partial charge in [0.05, 0.1) is 0 Å². The van der Waals surface area contributed by atoms with Crippen molar-refractivity contribution in [2.24, 2.45) is 0 Å². The average Bonchev–Trinajstić information content (AvgIpc) is 3.19. The Bertz CT molecular complexity index is 2170. The third-order valence-electron chi connectivity index (χ3n) is 8.40. The van der Waals surface area contributed by atoms with E-state index >= 15 is 0 Å². The highest BCUT2D eigenvalue weighted by atomic mass is 32.2. The van der Waals surface area contributed by atoms with Crippen LogP contribution in [0.2, 0.25) is 0 Å². The molecule has 1 unspecified atom stereocenters. The molecule has 264 valence electrons. The Morgan fingerprint density at radius 3 is 1.91 bits per heavy atom. The third-order valence-corrected chi connectivity index (χ3v) is 9.67. The fourth-order valence-electron chi connectivity index (χ4n) is 5.56. The van der Waals surface area contributed by atoms with Crippen molar-refractivity contribution in [3.8, 4) is 5.75 Å². The number of hydrogen-bond donors (Lipinski definition) is 3. The fraction of sp³-hybridized carbons (Fsp3) is 0.0889. The van der Waals surface area contributed by atoms with Gasteiger partial charge in [0, 0.05) is 21.8 Å². The molecule has 0 saturated heterocycles. The van der Waals surface area contributed by atoms with Crippen LogP contribution in [0.3, 0.4) is 0 Å². The van der Waals surface area contributed by atoms with E-state index in [-0.39, 0.29) is 11.6 Å². The van der Waals surface area contributed by atoms with Crippen LogP contribution in [0.4, 0.5) is 11.4 Å². The Labute approximate surface area is 314 Å². The van der Waals surface area contributed by atoms with Gasteiger partial charge in [-0.3, -0.25) is 14.4 Å². The van der Waals surface area contributed by atoms with E-state index in [1.165, 1.54) is 11.8 Å². The summed E-state index contributed by atoms with van der Waals surface area (Å²) < 4.78 is 5.91. The first kappa shape index (κ1) is 36.4. The van der Waals surface area contributed by atoms with E-state index in [1.54, 1.807) is 42.5 Å². The number of rotatable bonds is 13. The monoisotopic (exact) mass is 717 g/mol. The number of thioether (sulfide) groups is 1. The van der Waals surface area contributed by atoms with Gasteiger partial charge in [0.25, 0.3) is 11.8 Å². The number of hydrogen-bond acceptors (Lipinski definition) is 5. The molecule has 0 aromatic heterocycles. The predicted octanol–water partition coefficient (Wildman–Crippen LogP) is 9.76. The predicted molar refractivity (Wildman–Crippen MR) is 214 cm³/mol. The fourth-order valence-corrected chi connectivity index (χ4v) is 6.59. The summed E-state index contributed by atoms with van der Waals surface area (Å²) in [6.45, 7) is 4.39. The van der Waals surface area contributed by atoms with Crippen molar-refractivity contribution >= 4 is 46.9 Å². The molecule has 0 radical (unpaired) electrons. The van der Waals surface area contributed by atoms with E-state index in [1.807, 2.05) is 135 Å². The molecule has 0 aliphatic heterocycles. The molecule has 7 nitrogen and oxygen atoms in total. The minimum absolute atomic E-state index is 0.0718. The van der Waals surface area contributed by atoms with Gasteiger partial charge in [-0.1, -0.05) is 109 Å². The Morgan fingerprint density at radius 1 is 0.660 bits per heavy atom. The van der Waals surface area contributed by atoms with Gasteiger partial charge < -0.3 is 20.7 Å². The summed E-state index contributed by atoms with van der Waals surface area (Å²) in [5.41, 5.74) is 6.45. The third kappa shape index (κ3) is 10.1. The number of amides is 3. The molecular weight excluding hydrogens is 679 g/mol. The van der Waals surface area contributed by atoms with Crippen LogP contribution < -0.4 is 20.7 Å². The van der Waals surface area contributed by atoms with Crippen molar-refractivity contribution in [2.75, 3.05) is 10.6 Å². The van der Waals surface area contributed by atoms with Crippen LogP contribution in [0.15, 0.2) is 168 Å². The number of benzene rings is 6. The summed E-state index contributed by atoms with van der Waals surface area (Å²) in [5, 5.41) is 8.33. The van der Waals surface area contributed by atoms with Gasteiger partial charge in [-0.05, 0) is 96.3 Å². The maximum absolute atomic E-state index is 13.7. The lowest BCUT2D eigenvalue weighted by Gasteiger charge is -2.19. The minimum Gasteiger partial charge on any atom is -0.489 e. The molecule has 0 saturated carbocycles. The zero-order valence-electron chi connectivity index (χ0n) is 29.4. The molecule has 0 aliphatic carbocycles. The van der Waals surface area contributed by atoms with Crippen LogP contribution in [0, 0.1) is 13.8 Å². The summed E-state index contributed by atoms with van der Waals surface area (Å²) in [6.07, 6.45) is 1.63. The van der Waals surface area contributed by atoms with Crippen LogP contribution in [-0.2, 0) is 16.2 Å². The van der Waals surface area contributed by atoms with E-state index in [9.17, 15) is 14.4 Å². The number of anilines is 2. The van der Waals surface area contributed by atoms with Crippen molar-refractivity contribution in [1.82, 2.24) is 5.32 Å². The second-order valence-corrected chi connectivity index (χ2v) is 13.5. The van der Waals surface area contributed by atoms with E-state index in [0.29, 0.717) is 29.2 Å². The summed E-state index contributed by atoms with van der Waals surface area (Å²) >= 11 is 1.42. The van der Waals surface area contributed by atoms with Crippen LogP contribution in [0.25, 0.3) is 6.08 Å². The number of para-hydroxylation sites is 1. The van der Waals surface area contributed by atoms with Crippen molar-refractivity contribution in [1.29, 1.82) is 0 Å². The Balaban J connectivity index is 1.17. The zero-order chi connectivity index (χ0) is 37.0. The SMILES string of the molecule is Cc1cccc(C)c1NC(=O)C(Sc1ccc(NC(=O)/C(=C/c2ccc(OCc3ccccc3)cc2)NC(=O)c2ccccc2)cc1)c1ccccc1. The standard InChI is InChI=1S/C45H39N3O4S/c1-31-13-12-14-32(2)41(31)48-45(51)42(35-17-8-4-9-18-35)53-39-27-23-37(24-28-39)46-44(50)40(47-43(49)36-19-10-5-11-20-36)29-33-21-25-38(26-22-33)52-30-34-15-6-3-7-16-34/h3-29,42H,30H2,1-2H3,(H,46,50)(H,47,49)(H,48,51)/b40-29-. The number of carbonyl (C=O) groups is 3. The molecule has 0 spiro atoms. The van der Waals surface area contributed by atoms with Gasteiger partial charge in [-0.15, -0.1) is 11.8 Å². The Morgan fingerprint density at radius 2 is 1.26 bits per heavy atom. The number of ether oxygens (including phenoxy) is 1. The van der Waals surface area contributed by atoms with Gasteiger partial charge in [0.15, 0.2) is 0 Å². The first-order valence-electron chi connectivity index (χ1n) is 17.2. The first-order chi connectivity index (χ1) is 25.8. The number of aryl methyl sites for hydroxylation is 2. The zero-order valence-corrected chi connectivity index (χ0v) is 30.2. The maximum Gasteiger partial charge on any atom is 0.272 e. The molecule has 3 N–H and O–H groups in total. The molecule has 6 aromatic carbocycles. The van der Waals surface area contributed by atoms with Crippen molar-refractivity contribution in [3.05, 3.63) is 197 Å². The number of nitrogens with one attached hydrogen (secondary N) is 3. The molecule has 0 aliphatic rings. The van der Waals surface area contributed by atoms with Crippen molar-refractivity contribution in [3.63, 3.8) is 0 Å². The maximum atomic E-state index is 13.7. The smallest absolute Gasteiger partial charge is 0.272 e. The highest BCUT2D eigenvalue weighted by Gasteiger charge is 2.23. The Hall–Kier alpha value is -6.38.